The van der Waals surface area contributed by atoms with Crippen LogP contribution in [0.5, 0.6) is 0 Å². The van der Waals surface area contributed by atoms with Gasteiger partial charge in [-0.15, -0.1) is 0 Å². The Balaban J connectivity index is 1.92. The molecule has 0 bridgehead atoms. The Bertz CT molecular complexity index is 677. The Morgan fingerprint density at radius 1 is 1.10 bits per heavy atom. The average molecular weight is 311 g/mol. The number of halogens is 3. The van der Waals surface area contributed by atoms with Crippen LogP contribution >= 0.6 is 11.6 Å². The lowest BCUT2D eigenvalue weighted by Crippen LogP contribution is -2.21. The fourth-order valence-corrected chi connectivity index (χ4v) is 1.84. The summed E-state index contributed by atoms with van der Waals surface area (Å²) in [5.74, 6) is -2.22. The van der Waals surface area contributed by atoms with E-state index in [0.717, 1.165) is 17.7 Å². The van der Waals surface area contributed by atoms with Crippen LogP contribution in [0.25, 0.3) is 0 Å². The van der Waals surface area contributed by atoms with E-state index in [9.17, 15) is 13.6 Å². The lowest BCUT2D eigenvalue weighted by molar-refractivity contribution is -0.114. The highest BCUT2D eigenvalue weighted by atomic mass is 35.5. The second-order valence-corrected chi connectivity index (χ2v) is 4.90. The molecule has 0 heterocycles. The van der Waals surface area contributed by atoms with Crippen molar-refractivity contribution in [2.75, 3.05) is 17.2 Å². The fraction of sp³-hybridized carbons (Fsp3) is 0.133. The number of amides is 1. The molecule has 2 aromatic rings. The van der Waals surface area contributed by atoms with Crippen LogP contribution in [-0.4, -0.2) is 12.5 Å². The van der Waals surface area contributed by atoms with Gasteiger partial charge in [-0.05, 0) is 36.8 Å². The molecule has 0 saturated heterocycles. The summed E-state index contributed by atoms with van der Waals surface area (Å²) in [5, 5.41) is 5.92. The maximum atomic E-state index is 13.0. The highest BCUT2D eigenvalue weighted by Crippen LogP contribution is 2.20. The number of nitrogens with one attached hydrogen (secondary N) is 2. The van der Waals surface area contributed by atoms with Gasteiger partial charge in [0.1, 0.15) is 0 Å². The molecule has 2 aromatic carbocycles. The lowest BCUT2D eigenvalue weighted by Gasteiger charge is -2.09. The molecule has 110 valence electrons. The molecule has 0 saturated carbocycles. The highest BCUT2D eigenvalue weighted by Gasteiger charge is 2.06. The van der Waals surface area contributed by atoms with E-state index in [-0.39, 0.29) is 12.5 Å². The summed E-state index contributed by atoms with van der Waals surface area (Å²) in [6.07, 6.45) is 0. The van der Waals surface area contributed by atoms with E-state index >= 15 is 0 Å². The number of hydrogen-bond acceptors (Lipinski definition) is 2. The molecule has 0 aliphatic heterocycles. The minimum Gasteiger partial charge on any atom is -0.376 e. The van der Waals surface area contributed by atoms with Crippen molar-refractivity contribution in [2.45, 2.75) is 6.92 Å². The van der Waals surface area contributed by atoms with E-state index in [2.05, 4.69) is 10.6 Å². The van der Waals surface area contributed by atoms with Crippen LogP contribution < -0.4 is 10.6 Å². The summed E-state index contributed by atoms with van der Waals surface area (Å²) in [6.45, 7) is 1.79. The third kappa shape index (κ3) is 4.16. The first-order valence-corrected chi connectivity index (χ1v) is 6.58. The minimum atomic E-state index is -0.967. The minimum absolute atomic E-state index is 0.0728. The van der Waals surface area contributed by atoms with Crippen molar-refractivity contribution in [3.8, 4) is 0 Å². The van der Waals surface area contributed by atoms with Gasteiger partial charge in [0.25, 0.3) is 0 Å². The Hall–Kier alpha value is -2.14. The van der Waals surface area contributed by atoms with E-state index in [1.807, 2.05) is 6.92 Å². The number of anilines is 2. The summed E-state index contributed by atoms with van der Waals surface area (Å²) in [5.41, 5.74) is 1.81. The Kier molecular flexibility index (Phi) is 4.75. The smallest absolute Gasteiger partial charge is 0.243 e. The van der Waals surface area contributed by atoms with Gasteiger partial charge in [-0.25, -0.2) is 8.78 Å². The van der Waals surface area contributed by atoms with Crippen LogP contribution in [0, 0.1) is 18.6 Å². The zero-order valence-electron chi connectivity index (χ0n) is 11.2. The van der Waals surface area contributed by atoms with Gasteiger partial charge in [0, 0.05) is 22.5 Å². The largest absolute Gasteiger partial charge is 0.376 e. The number of benzene rings is 2. The van der Waals surface area contributed by atoms with Gasteiger partial charge in [-0.1, -0.05) is 17.7 Å². The SMILES string of the molecule is Cc1ccc(NC(=O)CNc2ccc(F)c(F)c2)cc1Cl. The third-order valence-electron chi connectivity index (χ3n) is 2.83. The van der Waals surface area contributed by atoms with Gasteiger partial charge >= 0.3 is 0 Å². The molecule has 0 radical (unpaired) electrons. The molecule has 3 nitrogen and oxygen atoms in total. The monoisotopic (exact) mass is 310 g/mol. The topological polar surface area (TPSA) is 41.1 Å². The summed E-state index contributed by atoms with van der Waals surface area (Å²) in [7, 11) is 0. The molecule has 2 N–H and O–H groups in total. The van der Waals surface area contributed by atoms with Crippen molar-refractivity contribution in [1.29, 1.82) is 0 Å². The maximum Gasteiger partial charge on any atom is 0.243 e. The first-order chi connectivity index (χ1) is 9.95. The van der Waals surface area contributed by atoms with Gasteiger partial charge in [0.05, 0.1) is 6.54 Å². The van der Waals surface area contributed by atoms with Crippen molar-refractivity contribution in [3.05, 3.63) is 58.6 Å². The first-order valence-electron chi connectivity index (χ1n) is 6.20. The van der Waals surface area contributed by atoms with Crippen molar-refractivity contribution in [1.82, 2.24) is 0 Å². The molecular formula is C15H13ClF2N2O. The van der Waals surface area contributed by atoms with Gasteiger partial charge in [-0.3, -0.25) is 4.79 Å². The Labute approximate surface area is 125 Å². The molecule has 2 rings (SSSR count). The second-order valence-electron chi connectivity index (χ2n) is 4.49. The Morgan fingerprint density at radius 3 is 2.48 bits per heavy atom. The highest BCUT2D eigenvalue weighted by molar-refractivity contribution is 6.31. The number of aryl methyl sites for hydroxylation is 1. The molecule has 0 aliphatic rings. The van der Waals surface area contributed by atoms with E-state index < -0.39 is 11.6 Å². The number of carbonyl (C=O) groups excluding carboxylic acids is 1. The quantitative estimate of drug-likeness (QED) is 0.897. The number of rotatable bonds is 4. The van der Waals surface area contributed by atoms with Crippen molar-refractivity contribution in [2.24, 2.45) is 0 Å². The van der Waals surface area contributed by atoms with E-state index in [1.165, 1.54) is 6.07 Å². The summed E-state index contributed by atoms with van der Waals surface area (Å²) in [6, 6.07) is 8.51. The second kappa shape index (κ2) is 6.54. The zero-order chi connectivity index (χ0) is 15.4. The molecule has 6 heteroatoms. The molecule has 0 aromatic heterocycles. The predicted molar refractivity (Wildman–Crippen MR) is 79.7 cm³/mol. The summed E-state index contributed by atoms with van der Waals surface area (Å²) < 4.78 is 25.8. The van der Waals surface area contributed by atoms with Gasteiger partial charge < -0.3 is 10.6 Å². The van der Waals surface area contributed by atoms with E-state index in [4.69, 9.17) is 11.6 Å². The third-order valence-corrected chi connectivity index (χ3v) is 3.24. The molecule has 0 unspecified atom stereocenters. The predicted octanol–water partition coefficient (Wildman–Crippen LogP) is 3.98. The molecule has 1 amide bonds. The lowest BCUT2D eigenvalue weighted by atomic mass is 10.2. The van der Waals surface area contributed by atoms with Crippen LogP contribution in [0.4, 0.5) is 20.2 Å². The van der Waals surface area contributed by atoms with Crippen molar-refractivity contribution in [3.63, 3.8) is 0 Å². The molecule has 21 heavy (non-hydrogen) atoms. The molecule has 0 spiro atoms. The first kappa shape index (κ1) is 15.3. The van der Waals surface area contributed by atoms with E-state index in [1.54, 1.807) is 18.2 Å². The van der Waals surface area contributed by atoms with Crippen LogP contribution in [0.15, 0.2) is 36.4 Å². The molecule has 0 aliphatic carbocycles. The van der Waals surface area contributed by atoms with Crippen LogP contribution in [0.2, 0.25) is 5.02 Å². The molecule has 0 atom stereocenters. The number of carbonyl (C=O) groups is 1. The van der Waals surface area contributed by atoms with E-state index in [0.29, 0.717) is 16.4 Å². The van der Waals surface area contributed by atoms with Crippen LogP contribution in [0.1, 0.15) is 5.56 Å². The number of hydrogen-bond donors (Lipinski definition) is 2. The standard InChI is InChI=1S/C15H13ClF2N2O/c1-9-2-3-11(6-12(9)16)20-15(21)8-19-10-4-5-13(17)14(18)7-10/h2-7,19H,8H2,1H3,(H,20,21). The van der Waals surface area contributed by atoms with Crippen molar-refractivity contribution < 1.29 is 13.6 Å². The Morgan fingerprint density at radius 2 is 1.81 bits per heavy atom. The van der Waals surface area contributed by atoms with Gasteiger partial charge in [-0.2, -0.15) is 0 Å². The normalized spacial score (nSPS) is 10.3. The maximum absolute atomic E-state index is 13.0. The fourth-order valence-electron chi connectivity index (χ4n) is 1.66. The van der Waals surface area contributed by atoms with Gasteiger partial charge in [0.2, 0.25) is 5.91 Å². The summed E-state index contributed by atoms with van der Waals surface area (Å²) in [4.78, 5) is 11.7. The summed E-state index contributed by atoms with van der Waals surface area (Å²) >= 11 is 5.96. The van der Waals surface area contributed by atoms with Crippen LogP contribution in [0.3, 0.4) is 0 Å². The molecular weight excluding hydrogens is 298 g/mol. The average Bonchev–Trinajstić information content (AvgIpc) is 2.44. The molecule has 0 fully saturated rings. The van der Waals surface area contributed by atoms with Crippen molar-refractivity contribution >= 4 is 28.9 Å². The van der Waals surface area contributed by atoms with Gasteiger partial charge in [0.15, 0.2) is 11.6 Å². The van der Waals surface area contributed by atoms with Crippen LogP contribution in [-0.2, 0) is 4.79 Å². The zero-order valence-corrected chi connectivity index (χ0v) is 12.0.